The Labute approximate surface area is 295 Å². The van der Waals surface area contributed by atoms with Gasteiger partial charge in [-0.3, -0.25) is 0 Å². The van der Waals surface area contributed by atoms with Crippen molar-refractivity contribution in [1.82, 2.24) is 19.4 Å². The number of aromatic nitrogens is 4. The van der Waals surface area contributed by atoms with Crippen molar-refractivity contribution in [3.63, 3.8) is 0 Å². The maximum absolute atomic E-state index is 5.10. The molecule has 0 N–H and O–H groups in total. The fourth-order valence-corrected chi connectivity index (χ4v) is 8.26. The second kappa shape index (κ2) is 10.9. The quantitative estimate of drug-likeness (QED) is 0.178. The highest BCUT2D eigenvalue weighted by molar-refractivity contribution is 6.90. The summed E-state index contributed by atoms with van der Waals surface area (Å²) in [7, 11) is 0. The van der Waals surface area contributed by atoms with Gasteiger partial charge in [0.1, 0.15) is 0 Å². The molecule has 4 heterocycles. The van der Waals surface area contributed by atoms with Crippen molar-refractivity contribution >= 4 is 56.6 Å². The van der Waals surface area contributed by atoms with Gasteiger partial charge >= 0.3 is 6.85 Å². The van der Waals surface area contributed by atoms with Crippen LogP contribution in [0.15, 0.2) is 170 Å². The van der Waals surface area contributed by atoms with E-state index in [0.717, 1.165) is 28.1 Å². The van der Waals surface area contributed by atoms with E-state index in [9.17, 15) is 0 Å². The SMILES string of the molecule is c1ccc(-c2nc(-c3ccccc3)nc(-c3ccc4c(c3)N(c3ccccc3)c3cccc5c3B4n3c4ccccc4c4cccc-5c43)n2)cc1. The summed E-state index contributed by atoms with van der Waals surface area (Å²) in [4.78, 5) is 17.6. The van der Waals surface area contributed by atoms with E-state index in [-0.39, 0.29) is 6.85 Å². The van der Waals surface area contributed by atoms with Crippen LogP contribution in [0.4, 0.5) is 17.1 Å². The van der Waals surface area contributed by atoms with Crippen LogP contribution < -0.4 is 15.8 Å². The fraction of sp³-hybridized carbons (Fsp3) is 0. The summed E-state index contributed by atoms with van der Waals surface area (Å²) in [5.41, 5.74) is 13.9. The molecule has 0 saturated carbocycles. The van der Waals surface area contributed by atoms with Crippen LogP contribution in [0.3, 0.4) is 0 Å². The smallest absolute Gasteiger partial charge is 0.333 e. The molecule has 0 aliphatic carbocycles. The summed E-state index contributed by atoms with van der Waals surface area (Å²) < 4.78 is 2.58. The Morgan fingerprint density at radius 2 is 1.02 bits per heavy atom. The molecule has 0 amide bonds. The first-order valence-electron chi connectivity index (χ1n) is 17.3. The van der Waals surface area contributed by atoms with Crippen molar-refractivity contribution < 1.29 is 0 Å². The van der Waals surface area contributed by atoms with Gasteiger partial charge < -0.3 is 9.38 Å². The zero-order chi connectivity index (χ0) is 33.5. The molecule has 0 unspecified atom stereocenters. The number of fused-ring (bicyclic) bond motifs is 7. The molecule has 0 radical (unpaired) electrons. The number of anilines is 3. The molecule has 0 bridgehead atoms. The molecule has 7 aromatic carbocycles. The standard InChI is InChI=1S/C45H28BN5/c1-4-14-29(15-5-1)43-47-44(30-16-6-2-7-17-30)49-45(48-43)31-26-27-37-40(28-31)50(32-18-8-3-9-19-32)39-25-13-21-34-36-23-12-22-35-33-20-10-11-24-38(33)51(42(35)36)46(37)41(34)39/h1-28H. The molecule has 6 heteroatoms. The molecule has 5 nitrogen and oxygen atoms in total. The summed E-state index contributed by atoms with van der Waals surface area (Å²) in [6.45, 7) is -0.0179. The predicted octanol–water partition coefficient (Wildman–Crippen LogP) is 9.40. The minimum absolute atomic E-state index is 0.0179. The maximum atomic E-state index is 5.10. The number of hydrogen-bond donors (Lipinski definition) is 0. The van der Waals surface area contributed by atoms with Crippen molar-refractivity contribution in [2.75, 3.05) is 4.90 Å². The van der Waals surface area contributed by atoms with Crippen LogP contribution in [0.2, 0.25) is 0 Å². The van der Waals surface area contributed by atoms with Crippen molar-refractivity contribution in [1.29, 1.82) is 0 Å². The maximum Gasteiger partial charge on any atom is 0.333 e. The van der Waals surface area contributed by atoms with Crippen molar-refractivity contribution in [3.8, 4) is 45.3 Å². The van der Waals surface area contributed by atoms with E-state index in [1.807, 2.05) is 36.4 Å². The van der Waals surface area contributed by atoms with Crippen LogP contribution in [0, 0.1) is 0 Å². The summed E-state index contributed by atoms with van der Waals surface area (Å²) in [5, 5.41) is 2.56. The van der Waals surface area contributed by atoms with Crippen molar-refractivity contribution in [3.05, 3.63) is 170 Å². The lowest BCUT2D eigenvalue weighted by Crippen LogP contribution is -2.56. The summed E-state index contributed by atoms with van der Waals surface area (Å²) in [6, 6.07) is 60.1. The van der Waals surface area contributed by atoms with Crippen LogP contribution in [-0.2, 0) is 0 Å². The first-order chi connectivity index (χ1) is 25.3. The van der Waals surface area contributed by atoms with Crippen LogP contribution in [-0.4, -0.2) is 26.3 Å². The van der Waals surface area contributed by atoms with E-state index >= 15 is 0 Å². The molecular weight excluding hydrogens is 621 g/mol. The second-order valence-electron chi connectivity index (χ2n) is 13.2. The van der Waals surface area contributed by atoms with Gasteiger partial charge in [-0.05, 0) is 46.8 Å². The molecule has 2 aliphatic heterocycles. The Morgan fingerprint density at radius 1 is 0.431 bits per heavy atom. The number of rotatable bonds is 4. The van der Waals surface area contributed by atoms with Crippen LogP contribution >= 0.6 is 0 Å². The Hall–Kier alpha value is -6.79. The van der Waals surface area contributed by atoms with Crippen LogP contribution in [0.5, 0.6) is 0 Å². The lowest BCUT2D eigenvalue weighted by molar-refractivity contribution is 1.07. The van der Waals surface area contributed by atoms with Gasteiger partial charge in [-0.2, -0.15) is 0 Å². The van der Waals surface area contributed by atoms with Crippen molar-refractivity contribution in [2.24, 2.45) is 0 Å². The van der Waals surface area contributed by atoms with E-state index in [2.05, 4.69) is 143 Å². The van der Waals surface area contributed by atoms with Gasteiger partial charge in [0.2, 0.25) is 0 Å². The molecule has 0 atom stereocenters. The zero-order valence-corrected chi connectivity index (χ0v) is 27.5. The fourth-order valence-electron chi connectivity index (χ4n) is 8.26. The molecule has 0 spiro atoms. The molecular formula is C45H28BN5. The van der Waals surface area contributed by atoms with Crippen LogP contribution in [0.1, 0.15) is 0 Å². The highest BCUT2D eigenvalue weighted by Crippen LogP contribution is 2.45. The predicted molar refractivity (Wildman–Crippen MR) is 210 cm³/mol. The number of benzene rings is 7. The molecule has 11 rings (SSSR count). The highest BCUT2D eigenvalue weighted by Gasteiger charge is 2.42. The topological polar surface area (TPSA) is 46.8 Å². The van der Waals surface area contributed by atoms with Crippen molar-refractivity contribution in [2.45, 2.75) is 0 Å². The molecule has 0 saturated heterocycles. The minimum Gasteiger partial charge on any atom is -0.375 e. The third kappa shape index (κ3) is 4.14. The molecule has 2 aromatic heterocycles. The van der Waals surface area contributed by atoms with Gasteiger partial charge in [-0.1, -0.05) is 140 Å². The molecule has 9 aromatic rings. The monoisotopic (exact) mass is 649 g/mol. The first kappa shape index (κ1) is 28.1. The number of para-hydroxylation sites is 3. The average molecular weight is 650 g/mol. The van der Waals surface area contributed by atoms with Gasteiger partial charge in [-0.15, -0.1) is 0 Å². The first-order valence-corrected chi connectivity index (χ1v) is 17.3. The summed E-state index contributed by atoms with van der Waals surface area (Å²) >= 11 is 0. The van der Waals surface area contributed by atoms with E-state index in [1.54, 1.807) is 0 Å². The molecule has 2 aliphatic rings. The van der Waals surface area contributed by atoms with Gasteiger partial charge in [0.25, 0.3) is 0 Å². The van der Waals surface area contributed by atoms with Gasteiger partial charge in [0.05, 0.1) is 0 Å². The average Bonchev–Trinajstić information content (AvgIpc) is 3.55. The molecule has 236 valence electrons. The Kier molecular flexibility index (Phi) is 5.98. The molecule has 51 heavy (non-hydrogen) atoms. The zero-order valence-electron chi connectivity index (χ0n) is 27.5. The summed E-state index contributed by atoms with van der Waals surface area (Å²) in [6.07, 6.45) is 0. The third-order valence-electron chi connectivity index (χ3n) is 10.4. The van der Waals surface area contributed by atoms with Gasteiger partial charge in [-0.25, -0.2) is 15.0 Å². The number of nitrogens with zero attached hydrogens (tertiary/aromatic N) is 5. The van der Waals surface area contributed by atoms with E-state index in [4.69, 9.17) is 15.0 Å². The highest BCUT2D eigenvalue weighted by atomic mass is 15.2. The Morgan fingerprint density at radius 3 is 1.75 bits per heavy atom. The Bertz CT molecular complexity index is 2760. The van der Waals surface area contributed by atoms with Gasteiger partial charge in [0.15, 0.2) is 17.5 Å². The normalized spacial score (nSPS) is 12.6. The van der Waals surface area contributed by atoms with Crippen LogP contribution in [0.25, 0.3) is 67.1 Å². The van der Waals surface area contributed by atoms with Gasteiger partial charge in [0, 0.05) is 61.1 Å². The number of hydrogen-bond acceptors (Lipinski definition) is 4. The molecule has 0 fully saturated rings. The second-order valence-corrected chi connectivity index (χ2v) is 13.2. The largest absolute Gasteiger partial charge is 0.375 e. The minimum atomic E-state index is -0.0179. The van der Waals surface area contributed by atoms with E-state index in [1.165, 1.54) is 49.5 Å². The lowest BCUT2D eigenvalue weighted by Gasteiger charge is -2.40. The lowest BCUT2D eigenvalue weighted by atomic mass is 9.45. The summed E-state index contributed by atoms with van der Waals surface area (Å²) in [5.74, 6) is 1.94. The van der Waals surface area contributed by atoms with E-state index in [0.29, 0.717) is 17.5 Å². The Balaban J connectivity index is 1.20. The van der Waals surface area contributed by atoms with E-state index < -0.39 is 0 Å². The third-order valence-corrected chi connectivity index (χ3v) is 10.4.